The maximum absolute atomic E-state index is 15.6. The molecule has 0 bridgehead atoms. The molecule has 2 aromatic rings. The molecular weight excluding hydrogens is 531 g/mol. The summed E-state index contributed by atoms with van der Waals surface area (Å²) in [6.07, 6.45) is -1.26. The zero-order valence-electron chi connectivity index (χ0n) is 20.7. The van der Waals surface area contributed by atoms with E-state index < -0.39 is 59.5 Å². The Morgan fingerprint density at radius 3 is 2.46 bits per heavy atom. The normalized spacial score (nSPS) is 15.8. The van der Waals surface area contributed by atoms with Crippen LogP contribution in [0.15, 0.2) is 40.5 Å². The van der Waals surface area contributed by atoms with Gasteiger partial charge in [0.2, 0.25) is 15.0 Å². The van der Waals surface area contributed by atoms with Gasteiger partial charge in [-0.3, -0.25) is 5.32 Å². The number of aliphatic imine (C=N–C) groups is 1. The van der Waals surface area contributed by atoms with Gasteiger partial charge in [0.1, 0.15) is 11.6 Å². The van der Waals surface area contributed by atoms with E-state index in [4.69, 9.17) is 9.47 Å². The third-order valence-electron chi connectivity index (χ3n) is 5.24. The van der Waals surface area contributed by atoms with Crippen molar-refractivity contribution >= 4 is 36.0 Å². The van der Waals surface area contributed by atoms with E-state index in [9.17, 15) is 17.6 Å². The van der Waals surface area contributed by atoms with Gasteiger partial charge in [0.15, 0.2) is 11.6 Å². The van der Waals surface area contributed by atoms with Crippen LogP contribution >= 0.6 is 0 Å². The molecule has 2 aromatic carbocycles. The van der Waals surface area contributed by atoms with E-state index in [1.54, 1.807) is 39.8 Å². The van der Waals surface area contributed by atoms with Crippen molar-refractivity contribution in [3.63, 3.8) is 0 Å². The van der Waals surface area contributed by atoms with Crippen molar-refractivity contribution in [3.05, 3.63) is 69.6 Å². The number of carbonyl (C=O) groups is 1. The highest BCUT2D eigenvalue weighted by Gasteiger charge is 2.30. The predicted octanol–water partition coefficient (Wildman–Crippen LogP) is 5.06. The maximum Gasteiger partial charge on any atom is 0.418 e. The monoisotopic (exact) mass is 557 g/mol. The third-order valence-corrected chi connectivity index (χ3v) is 7.81. The molecule has 1 heterocycles. The van der Waals surface area contributed by atoms with Crippen LogP contribution in [-0.4, -0.2) is 27.2 Å². The van der Waals surface area contributed by atoms with Crippen LogP contribution in [0.25, 0.3) is 0 Å². The number of nitrogens with one attached hydrogen (secondary N) is 2. The maximum atomic E-state index is 15.6. The summed E-state index contributed by atoms with van der Waals surface area (Å²) in [4.78, 5) is 16.0. The van der Waals surface area contributed by atoms with Gasteiger partial charge in [-0.15, -0.1) is 0 Å². The van der Waals surface area contributed by atoms with Crippen molar-refractivity contribution in [2.45, 2.75) is 45.8 Å². The summed E-state index contributed by atoms with van der Waals surface area (Å²) in [5, 5.41) is 6.29. The number of amides is 1. The van der Waals surface area contributed by atoms with Gasteiger partial charge in [-0.1, -0.05) is 26.8 Å². The molecule has 0 saturated carbocycles. The van der Waals surface area contributed by atoms with Crippen LogP contribution < -0.4 is 15.4 Å². The second-order valence-electron chi connectivity index (χ2n) is 9.11. The van der Waals surface area contributed by atoms with Gasteiger partial charge >= 0.3 is 6.09 Å². The Balaban J connectivity index is 1.93. The molecule has 1 amide bonds. The average Bonchev–Trinajstić information content (AvgIpc) is 3.25. The molecule has 0 fully saturated rings. The van der Waals surface area contributed by atoms with Crippen molar-refractivity contribution < 1.29 is 35.9 Å². The molecular formula is C24H26F3N3O5S2. The molecule has 2 atom stereocenters. The van der Waals surface area contributed by atoms with Crippen molar-refractivity contribution in [3.8, 4) is 5.75 Å². The Labute approximate surface area is 215 Å². The highest BCUT2D eigenvalue weighted by Crippen LogP contribution is 2.40. The number of methoxy groups -OCH3 is 1. The van der Waals surface area contributed by atoms with E-state index in [-0.39, 0.29) is 29.2 Å². The van der Waals surface area contributed by atoms with Gasteiger partial charge in [-0.25, -0.2) is 23.0 Å². The number of nitrogens with zero attached hydrogens (tertiary/aromatic N) is 1. The van der Waals surface area contributed by atoms with Crippen molar-refractivity contribution in [2.75, 3.05) is 12.4 Å². The van der Waals surface area contributed by atoms with Gasteiger partial charge in [0.25, 0.3) is 0 Å². The van der Waals surface area contributed by atoms with E-state index in [0.717, 1.165) is 22.6 Å². The molecule has 0 aromatic heterocycles. The van der Waals surface area contributed by atoms with Gasteiger partial charge < -0.3 is 14.8 Å². The van der Waals surface area contributed by atoms with E-state index in [2.05, 4.69) is 15.6 Å². The van der Waals surface area contributed by atoms with Crippen molar-refractivity contribution in [1.82, 2.24) is 5.32 Å². The van der Waals surface area contributed by atoms with Crippen LogP contribution in [0.1, 0.15) is 50.4 Å². The molecule has 13 heteroatoms. The first kappa shape index (κ1) is 28.4. The first-order valence-corrected chi connectivity index (χ1v) is 13.9. The molecule has 3 rings (SSSR count). The topological polar surface area (TPSA) is 106 Å². The second-order valence-corrected chi connectivity index (χ2v) is 12.6. The lowest BCUT2D eigenvalue weighted by Gasteiger charge is -2.27. The van der Waals surface area contributed by atoms with Gasteiger partial charge in [-0.2, -0.15) is 8.42 Å². The number of rotatable bonds is 7. The van der Waals surface area contributed by atoms with E-state index in [0.29, 0.717) is 0 Å². The lowest BCUT2D eigenvalue weighted by molar-refractivity contribution is 0.184. The van der Waals surface area contributed by atoms with Crippen LogP contribution in [-0.2, 0) is 35.5 Å². The highest BCUT2D eigenvalue weighted by atomic mass is 32.9. The summed E-state index contributed by atoms with van der Waals surface area (Å²) in [5.74, 6) is -3.85. The number of anilines is 1. The first-order valence-electron chi connectivity index (χ1n) is 10.9. The highest BCUT2D eigenvalue weighted by molar-refractivity contribution is 8.42. The quantitative estimate of drug-likeness (QED) is 0.493. The lowest BCUT2D eigenvalue weighted by atomic mass is 9.84. The van der Waals surface area contributed by atoms with Crippen LogP contribution in [0.3, 0.4) is 0 Å². The summed E-state index contributed by atoms with van der Waals surface area (Å²) in [5.41, 5.74) is 1.30. The zero-order valence-corrected chi connectivity index (χ0v) is 22.3. The number of hydrogen-bond donors (Lipinski definition) is 2. The number of benzene rings is 2. The Hall–Kier alpha value is -3.16. The molecule has 1 unspecified atom stereocenters. The van der Waals surface area contributed by atoms with Gasteiger partial charge in [0.05, 0.1) is 18.2 Å². The third kappa shape index (κ3) is 6.79. The largest absolute Gasteiger partial charge is 0.418 e. The molecule has 200 valence electrons. The molecule has 0 aliphatic carbocycles. The smallest absolute Gasteiger partial charge is 0.404 e. The summed E-state index contributed by atoms with van der Waals surface area (Å²) in [6, 6.07) is 4.78. The Kier molecular flexibility index (Phi) is 8.82. The van der Waals surface area contributed by atoms with E-state index in [1.807, 2.05) is 0 Å². The molecule has 37 heavy (non-hydrogen) atoms. The fourth-order valence-corrected chi connectivity index (χ4v) is 5.29. The van der Waals surface area contributed by atoms with Gasteiger partial charge in [0, 0.05) is 44.9 Å². The van der Waals surface area contributed by atoms with E-state index >= 15 is 8.78 Å². The lowest BCUT2D eigenvalue weighted by Crippen LogP contribution is -2.27. The minimum absolute atomic E-state index is 0.0124. The molecule has 8 nitrogen and oxygen atoms in total. The van der Waals surface area contributed by atoms with Crippen LogP contribution in [0.2, 0.25) is 0 Å². The molecule has 1 aliphatic rings. The van der Waals surface area contributed by atoms with Crippen LogP contribution in [0, 0.1) is 17.5 Å². The van der Waals surface area contributed by atoms with E-state index in [1.165, 1.54) is 13.2 Å². The molecule has 0 saturated heterocycles. The summed E-state index contributed by atoms with van der Waals surface area (Å²) < 4.78 is 77.2. The first-order chi connectivity index (χ1) is 17.3. The Morgan fingerprint density at radius 2 is 1.86 bits per heavy atom. The zero-order chi connectivity index (χ0) is 27.5. The molecule has 0 spiro atoms. The number of ether oxygens (including phenoxy) is 2. The average molecular weight is 558 g/mol. The van der Waals surface area contributed by atoms with Crippen molar-refractivity contribution in [2.24, 2.45) is 4.99 Å². The fourth-order valence-electron chi connectivity index (χ4n) is 3.67. The standard InChI is InChI=1S/C24H26F3N3O5S2/c1-13(15-8-14(10-34-5)6-7-16(15)25)29-18-9-17(26)22(21(27)20(18)24(2,3)4)35-23(31)30-19-11-36(12-28-19)37(32)33/h6-9,11-13,29H,10H2,1-5H3,(H,30,31)/t13-,36?/m0/s1. The second kappa shape index (κ2) is 11.5. The molecule has 0 radical (unpaired) electrons. The fraction of sp³-hybridized carbons (Fsp3) is 0.333. The van der Waals surface area contributed by atoms with Crippen molar-refractivity contribution in [1.29, 1.82) is 0 Å². The van der Waals surface area contributed by atoms with Crippen LogP contribution in [0.4, 0.5) is 23.7 Å². The number of hydrogen-bond acceptors (Lipinski definition) is 7. The minimum Gasteiger partial charge on any atom is -0.404 e. The summed E-state index contributed by atoms with van der Waals surface area (Å²) in [6.45, 7) is 6.97. The molecule has 1 aliphatic heterocycles. The summed E-state index contributed by atoms with van der Waals surface area (Å²) in [7, 11) is -2.27. The predicted molar refractivity (Wildman–Crippen MR) is 136 cm³/mol. The number of halogens is 3. The number of carbonyl (C=O) groups excluding carboxylic acids is 1. The Bertz CT molecular complexity index is 1430. The molecule has 2 N–H and O–H groups in total. The Morgan fingerprint density at radius 1 is 1.16 bits per heavy atom. The SMILES string of the molecule is COCc1ccc(F)c([C@H](C)Nc2cc(F)c(OC(=O)NC3=CS(=S(=O)=O)C=N3)c(F)c2C(C)(C)C)c1. The van der Waals surface area contributed by atoms with Gasteiger partial charge in [-0.05, 0) is 30.0 Å². The van der Waals surface area contributed by atoms with Crippen LogP contribution in [0.5, 0.6) is 5.75 Å². The minimum atomic E-state index is -2.46. The summed E-state index contributed by atoms with van der Waals surface area (Å²) >= 11 is 0.